The zero-order chi connectivity index (χ0) is 15.2. The number of para-hydroxylation sites is 1. The van der Waals surface area contributed by atoms with Crippen molar-refractivity contribution in [3.05, 3.63) is 36.0 Å². The van der Waals surface area contributed by atoms with E-state index in [1.165, 1.54) is 0 Å². The number of rotatable bonds is 6. The van der Waals surface area contributed by atoms with Gasteiger partial charge in [-0.2, -0.15) is 0 Å². The Morgan fingerprint density at radius 2 is 2.14 bits per heavy atom. The highest BCUT2D eigenvalue weighted by molar-refractivity contribution is 5.91. The van der Waals surface area contributed by atoms with Crippen LogP contribution >= 0.6 is 0 Å². The second kappa shape index (κ2) is 7.07. The molecule has 0 radical (unpaired) electrons. The molecule has 0 saturated heterocycles. The largest absolute Gasteiger partial charge is 0.466 e. The molecule has 0 spiro atoms. The number of fused-ring (bicyclic) bond motifs is 1. The SMILES string of the molecule is CCOC(=O)CCC(C)Nc1cc(C)nc2ccccc12. The van der Waals surface area contributed by atoms with Crippen molar-refractivity contribution in [2.24, 2.45) is 0 Å². The minimum absolute atomic E-state index is 0.137. The first-order valence-electron chi connectivity index (χ1n) is 7.38. The van der Waals surface area contributed by atoms with Crippen LogP contribution in [0, 0.1) is 6.92 Å². The van der Waals surface area contributed by atoms with Gasteiger partial charge in [-0.15, -0.1) is 0 Å². The summed E-state index contributed by atoms with van der Waals surface area (Å²) in [5.74, 6) is -0.137. The Bertz CT molecular complexity index is 625. The number of hydrogen-bond donors (Lipinski definition) is 1. The van der Waals surface area contributed by atoms with Crippen LogP contribution in [-0.4, -0.2) is 23.6 Å². The first-order valence-corrected chi connectivity index (χ1v) is 7.38. The van der Waals surface area contributed by atoms with E-state index in [0.29, 0.717) is 13.0 Å². The molecule has 0 aliphatic heterocycles. The third-order valence-electron chi connectivity index (χ3n) is 3.33. The number of carbonyl (C=O) groups is 1. The molecule has 1 atom stereocenters. The quantitative estimate of drug-likeness (QED) is 0.823. The van der Waals surface area contributed by atoms with Crippen LogP contribution in [0.4, 0.5) is 5.69 Å². The van der Waals surface area contributed by atoms with Crippen LogP contribution in [0.15, 0.2) is 30.3 Å². The highest BCUT2D eigenvalue weighted by Gasteiger charge is 2.10. The fourth-order valence-electron chi connectivity index (χ4n) is 2.33. The molecule has 0 saturated carbocycles. The molecule has 0 fully saturated rings. The van der Waals surface area contributed by atoms with E-state index < -0.39 is 0 Å². The summed E-state index contributed by atoms with van der Waals surface area (Å²) in [4.78, 5) is 15.9. The van der Waals surface area contributed by atoms with Gasteiger partial charge in [-0.3, -0.25) is 9.78 Å². The number of nitrogens with one attached hydrogen (secondary N) is 1. The number of pyridine rings is 1. The summed E-state index contributed by atoms with van der Waals surface area (Å²) in [5, 5.41) is 4.58. The summed E-state index contributed by atoms with van der Waals surface area (Å²) in [5.41, 5.74) is 3.03. The van der Waals surface area contributed by atoms with Crippen molar-refractivity contribution >= 4 is 22.6 Å². The molecule has 0 aliphatic carbocycles. The van der Waals surface area contributed by atoms with Gasteiger partial charge in [0.15, 0.2) is 0 Å². The molecular weight excluding hydrogens is 264 g/mol. The molecule has 0 amide bonds. The van der Waals surface area contributed by atoms with Crippen molar-refractivity contribution in [2.45, 2.75) is 39.7 Å². The molecule has 1 heterocycles. The Morgan fingerprint density at radius 1 is 1.38 bits per heavy atom. The van der Waals surface area contributed by atoms with Crippen LogP contribution in [0.25, 0.3) is 10.9 Å². The zero-order valence-electron chi connectivity index (χ0n) is 12.8. The summed E-state index contributed by atoms with van der Waals surface area (Å²) in [6.07, 6.45) is 1.18. The van der Waals surface area contributed by atoms with Gasteiger partial charge >= 0.3 is 5.97 Å². The maximum atomic E-state index is 11.4. The Hall–Kier alpha value is -2.10. The fourth-order valence-corrected chi connectivity index (χ4v) is 2.33. The second-order valence-electron chi connectivity index (χ2n) is 5.22. The minimum atomic E-state index is -0.137. The minimum Gasteiger partial charge on any atom is -0.466 e. The van der Waals surface area contributed by atoms with Crippen LogP contribution in [0.1, 0.15) is 32.4 Å². The van der Waals surface area contributed by atoms with Crippen molar-refractivity contribution in [3.63, 3.8) is 0 Å². The lowest BCUT2D eigenvalue weighted by atomic mass is 10.1. The van der Waals surface area contributed by atoms with Gasteiger partial charge < -0.3 is 10.1 Å². The van der Waals surface area contributed by atoms with Crippen LogP contribution in [0.3, 0.4) is 0 Å². The molecule has 2 rings (SSSR count). The number of hydrogen-bond acceptors (Lipinski definition) is 4. The van der Waals surface area contributed by atoms with Gasteiger partial charge in [0.1, 0.15) is 0 Å². The normalized spacial score (nSPS) is 12.1. The molecule has 0 bridgehead atoms. The Kier molecular flexibility index (Phi) is 5.14. The molecule has 4 heteroatoms. The highest BCUT2D eigenvalue weighted by atomic mass is 16.5. The van der Waals surface area contributed by atoms with E-state index in [4.69, 9.17) is 4.74 Å². The van der Waals surface area contributed by atoms with Gasteiger partial charge in [0.2, 0.25) is 0 Å². The van der Waals surface area contributed by atoms with Crippen LogP contribution in [0.2, 0.25) is 0 Å². The average molecular weight is 286 g/mol. The van der Waals surface area contributed by atoms with E-state index >= 15 is 0 Å². The summed E-state index contributed by atoms with van der Waals surface area (Å²) in [6.45, 7) is 6.32. The monoisotopic (exact) mass is 286 g/mol. The number of esters is 1. The zero-order valence-corrected chi connectivity index (χ0v) is 12.8. The van der Waals surface area contributed by atoms with Crippen LogP contribution in [0.5, 0.6) is 0 Å². The topological polar surface area (TPSA) is 51.2 Å². The number of benzene rings is 1. The Labute approximate surface area is 125 Å². The fraction of sp³-hybridized carbons (Fsp3) is 0.412. The maximum Gasteiger partial charge on any atom is 0.305 e. The first-order chi connectivity index (χ1) is 10.1. The van der Waals surface area contributed by atoms with Crippen LogP contribution < -0.4 is 5.32 Å². The van der Waals surface area contributed by atoms with Crippen molar-refractivity contribution in [1.29, 1.82) is 0 Å². The highest BCUT2D eigenvalue weighted by Crippen LogP contribution is 2.24. The summed E-state index contributed by atoms with van der Waals surface area (Å²) >= 11 is 0. The van der Waals surface area contributed by atoms with E-state index in [1.807, 2.05) is 38.1 Å². The van der Waals surface area contributed by atoms with Crippen molar-refractivity contribution in [3.8, 4) is 0 Å². The summed E-state index contributed by atoms with van der Waals surface area (Å²) in [7, 11) is 0. The predicted molar refractivity (Wildman–Crippen MR) is 85.4 cm³/mol. The van der Waals surface area contributed by atoms with Gasteiger partial charge in [-0.25, -0.2) is 0 Å². The van der Waals surface area contributed by atoms with E-state index in [2.05, 4.69) is 23.3 Å². The number of aryl methyl sites for hydroxylation is 1. The maximum absolute atomic E-state index is 11.4. The molecule has 1 unspecified atom stereocenters. The van der Waals surface area contributed by atoms with E-state index in [0.717, 1.165) is 28.7 Å². The molecule has 1 aromatic heterocycles. The third-order valence-corrected chi connectivity index (χ3v) is 3.33. The van der Waals surface area contributed by atoms with Gasteiger partial charge in [0, 0.05) is 29.2 Å². The van der Waals surface area contributed by atoms with Gasteiger partial charge in [-0.05, 0) is 39.3 Å². The molecule has 2 aromatic rings. The van der Waals surface area contributed by atoms with E-state index in [9.17, 15) is 4.79 Å². The Balaban J connectivity index is 2.07. The first kappa shape index (κ1) is 15.3. The number of anilines is 1. The summed E-state index contributed by atoms with van der Waals surface area (Å²) in [6, 6.07) is 10.3. The number of aromatic nitrogens is 1. The van der Waals surface area contributed by atoms with E-state index in [-0.39, 0.29) is 12.0 Å². The molecule has 0 aliphatic rings. The number of nitrogens with zero attached hydrogens (tertiary/aromatic N) is 1. The summed E-state index contributed by atoms with van der Waals surface area (Å²) < 4.78 is 4.96. The molecular formula is C17H22N2O2. The van der Waals surface area contributed by atoms with Gasteiger partial charge in [0.05, 0.1) is 12.1 Å². The number of ether oxygens (including phenoxy) is 1. The third kappa shape index (κ3) is 4.18. The van der Waals surface area contributed by atoms with Crippen molar-refractivity contribution < 1.29 is 9.53 Å². The smallest absolute Gasteiger partial charge is 0.305 e. The second-order valence-corrected chi connectivity index (χ2v) is 5.22. The Morgan fingerprint density at radius 3 is 2.90 bits per heavy atom. The lowest BCUT2D eigenvalue weighted by molar-refractivity contribution is -0.143. The molecule has 1 N–H and O–H groups in total. The molecule has 1 aromatic carbocycles. The standard InChI is InChI=1S/C17H22N2O2/c1-4-21-17(20)10-9-12(2)18-16-11-13(3)19-15-8-6-5-7-14(15)16/h5-8,11-12H,4,9-10H2,1-3H3,(H,18,19). The van der Waals surface area contributed by atoms with Gasteiger partial charge in [-0.1, -0.05) is 18.2 Å². The van der Waals surface area contributed by atoms with E-state index in [1.54, 1.807) is 0 Å². The van der Waals surface area contributed by atoms with Crippen LogP contribution in [-0.2, 0) is 9.53 Å². The lowest BCUT2D eigenvalue weighted by Crippen LogP contribution is -2.18. The lowest BCUT2D eigenvalue weighted by Gasteiger charge is -2.17. The van der Waals surface area contributed by atoms with Crippen molar-refractivity contribution in [2.75, 3.05) is 11.9 Å². The van der Waals surface area contributed by atoms with Crippen molar-refractivity contribution in [1.82, 2.24) is 4.98 Å². The number of carbonyl (C=O) groups excluding carboxylic acids is 1. The van der Waals surface area contributed by atoms with Gasteiger partial charge in [0.25, 0.3) is 0 Å². The molecule has 4 nitrogen and oxygen atoms in total. The molecule has 21 heavy (non-hydrogen) atoms. The average Bonchev–Trinajstić information content (AvgIpc) is 2.45. The molecule has 112 valence electrons. The predicted octanol–water partition coefficient (Wildman–Crippen LogP) is 3.69.